The molecule has 0 aliphatic heterocycles. The van der Waals surface area contributed by atoms with Gasteiger partial charge in [-0.15, -0.1) is 0 Å². The van der Waals surface area contributed by atoms with E-state index in [1.165, 1.54) is 12.5 Å². The first kappa shape index (κ1) is 7.73. The molecule has 0 aromatic carbocycles. The van der Waals surface area contributed by atoms with Crippen molar-refractivity contribution in [1.29, 1.82) is 0 Å². The van der Waals surface area contributed by atoms with Crippen LogP contribution in [0, 0.1) is 0 Å². The molecule has 0 saturated carbocycles. The minimum Gasteiger partial charge on any atom is -0.472 e. The summed E-state index contributed by atoms with van der Waals surface area (Å²) in [7, 11) is 0. The molecule has 0 spiro atoms. The van der Waals surface area contributed by atoms with Crippen LogP contribution < -0.4 is 0 Å². The van der Waals surface area contributed by atoms with Gasteiger partial charge in [-0.05, 0) is 18.2 Å². The Morgan fingerprint density at radius 2 is 2.23 bits per heavy atom. The van der Waals surface area contributed by atoms with E-state index in [9.17, 15) is 4.79 Å². The third-order valence-electron chi connectivity index (χ3n) is 1.68. The average Bonchev–Trinajstić information content (AvgIpc) is 2.71. The number of nitrogens with zero attached hydrogens (tertiary/aromatic N) is 1. The largest absolute Gasteiger partial charge is 0.472 e. The average molecular weight is 173 g/mol. The molecule has 2 heterocycles. The number of hydrogen-bond acceptors (Lipinski definition) is 3. The summed E-state index contributed by atoms with van der Waals surface area (Å²) < 4.78 is 4.81. The Morgan fingerprint density at radius 3 is 2.85 bits per heavy atom. The molecule has 0 aliphatic rings. The van der Waals surface area contributed by atoms with Crippen LogP contribution in [0.3, 0.4) is 0 Å². The second-order valence-corrected chi connectivity index (χ2v) is 2.56. The first-order valence-corrected chi connectivity index (χ1v) is 3.86. The van der Waals surface area contributed by atoms with Gasteiger partial charge in [0.15, 0.2) is 0 Å². The number of rotatable bonds is 2. The van der Waals surface area contributed by atoms with E-state index >= 15 is 0 Å². The Morgan fingerprint density at radius 1 is 1.31 bits per heavy atom. The molecule has 64 valence electrons. The Labute approximate surface area is 75.0 Å². The van der Waals surface area contributed by atoms with Crippen LogP contribution in [0.5, 0.6) is 0 Å². The van der Waals surface area contributed by atoms with Gasteiger partial charge in [-0.3, -0.25) is 9.78 Å². The summed E-state index contributed by atoms with van der Waals surface area (Å²) in [5.41, 5.74) is 0.961. The lowest BCUT2D eigenvalue weighted by atomic mass is 10.1. The first-order valence-electron chi connectivity index (χ1n) is 3.86. The summed E-state index contributed by atoms with van der Waals surface area (Å²) in [5, 5.41) is 0. The highest BCUT2D eigenvalue weighted by molar-refractivity contribution is 6.07. The maximum absolute atomic E-state index is 11.6. The zero-order chi connectivity index (χ0) is 9.10. The maximum Gasteiger partial charge on any atom is 0.214 e. The Balaban J connectivity index is 2.34. The number of carbonyl (C=O) groups excluding carboxylic acids is 1. The van der Waals surface area contributed by atoms with E-state index in [4.69, 9.17) is 4.42 Å². The molecule has 0 amide bonds. The molecular weight excluding hydrogens is 166 g/mol. The Hall–Kier alpha value is -1.90. The van der Waals surface area contributed by atoms with E-state index in [1.54, 1.807) is 30.5 Å². The van der Waals surface area contributed by atoms with Crippen molar-refractivity contribution in [2.24, 2.45) is 0 Å². The molecule has 2 rings (SSSR count). The monoisotopic (exact) mass is 173 g/mol. The van der Waals surface area contributed by atoms with Crippen molar-refractivity contribution in [3.63, 3.8) is 0 Å². The van der Waals surface area contributed by atoms with Gasteiger partial charge in [0.25, 0.3) is 0 Å². The number of hydrogen-bond donors (Lipinski definition) is 0. The predicted octanol–water partition coefficient (Wildman–Crippen LogP) is 1.91. The van der Waals surface area contributed by atoms with Gasteiger partial charge in [-0.1, -0.05) is 6.07 Å². The number of furan rings is 1. The van der Waals surface area contributed by atoms with E-state index in [0.717, 1.165) is 0 Å². The fourth-order valence-corrected chi connectivity index (χ4v) is 1.04. The molecule has 2 aromatic heterocycles. The molecule has 0 atom stereocenters. The van der Waals surface area contributed by atoms with Gasteiger partial charge in [-0.25, -0.2) is 0 Å². The second kappa shape index (κ2) is 3.23. The summed E-state index contributed by atoms with van der Waals surface area (Å²) in [6.45, 7) is 0. The van der Waals surface area contributed by atoms with Crippen LogP contribution in [0.1, 0.15) is 16.1 Å². The van der Waals surface area contributed by atoms with Gasteiger partial charge in [0.1, 0.15) is 12.0 Å². The van der Waals surface area contributed by atoms with Crippen LogP contribution in [0.15, 0.2) is 47.4 Å². The predicted molar refractivity (Wildman–Crippen MR) is 46.4 cm³/mol. The minimum absolute atomic E-state index is 0.116. The molecule has 0 aliphatic carbocycles. The van der Waals surface area contributed by atoms with Crippen LogP contribution in [-0.2, 0) is 0 Å². The summed E-state index contributed by atoms with van der Waals surface area (Å²) >= 11 is 0. The molecule has 0 bridgehead atoms. The summed E-state index contributed by atoms with van der Waals surface area (Å²) in [6.07, 6.45) is 4.47. The van der Waals surface area contributed by atoms with Crippen molar-refractivity contribution in [2.75, 3.05) is 0 Å². The Bertz CT molecular complexity index is 392. The highest BCUT2D eigenvalue weighted by Crippen LogP contribution is 2.06. The van der Waals surface area contributed by atoms with Crippen molar-refractivity contribution in [3.05, 3.63) is 54.2 Å². The smallest absolute Gasteiger partial charge is 0.214 e. The first-order chi connectivity index (χ1) is 6.38. The molecule has 3 heteroatoms. The summed E-state index contributed by atoms with van der Waals surface area (Å²) in [5.74, 6) is -0.116. The molecular formula is C10H7NO2. The fourth-order valence-electron chi connectivity index (χ4n) is 1.04. The van der Waals surface area contributed by atoms with Gasteiger partial charge in [-0.2, -0.15) is 0 Å². The van der Waals surface area contributed by atoms with E-state index < -0.39 is 0 Å². The number of ketones is 1. The van der Waals surface area contributed by atoms with Gasteiger partial charge >= 0.3 is 0 Å². The molecule has 0 fully saturated rings. The lowest BCUT2D eigenvalue weighted by Crippen LogP contribution is -2.01. The highest BCUT2D eigenvalue weighted by Gasteiger charge is 2.09. The lowest BCUT2D eigenvalue weighted by Gasteiger charge is -1.94. The van der Waals surface area contributed by atoms with Crippen LogP contribution in [0.25, 0.3) is 0 Å². The molecule has 3 nitrogen and oxygen atoms in total. The van der Waals surface area contributed by atoms with Gasteiger partial charge in [0, 0.05) is 6.20 Å². The van der Waals surface area contributed by atoms with E-state index in [-0.39, 0.29) is 5.78 Å². The van der Waals surface area contributed by atoms with Crippen LogP contribution in [0.4, 0.5) is 0 Å². The minimum atomic E-state index is -0.116. The highest BCUT2D eigenvalue weighted by atomic mass is 16.3. The van der Waals surface area contributed by atoms with E-state index in [1.807, 2.05) is 0 Å². The quantitative estimate of drug-likeness (QED) is 0.651. The van der Waals surface area contributed by atoms with Crippen LogP contribution >= 0.6 is 0 Å². The number of carbonyl (C=O) groups is 1. The SMILES string of the molecule is O=C(c1ccoc1)c1ccccn1. The second-order valence-electron chi connectivity index (χ2n) is 2.56. The third-order valence-corrected chi connectivity index (χ3v) is 1.68. The molecule has 0 unspecified atom stereocenters. The van der Waals surface area contributed by atoms with E-state index in [2.05, 4.69) is 4.98 Å². The van der Waals surface area contributed by atoms with Crippen LogP contribution in [-0.4, -0.2) is 10.8 Å². The molecule has 0 radical (unpaired) electrons. The lowest BCUT2D eigenvalue weighted by molar-refractivity contribution is 0.103. The molecule has 0 N–H and O–H groups in total. The molecule has 2 aromatic rings. The normalized spacial score (nSPS) is 9.85. The van der Waals surface area contributed by atoms with Gasteiger partial charge < -0.3 is 4.42 Å². The van der Waals surface area contributed by atoms with Crippen molar-refractivity contribution in [1.82, 2.24) is 4.98 Å². The summed E-state index contributed by atoms with van der Waals surface area (Å²) in [4.78, 5) is 15.5. The fraction of sp³-hybridized carbons (Fsp3) is 0. The number of pyridine rings is 1. The van der Waals surface area contributed by atoms with Crippen molar-refractivity contribution in [3.8, 4) is 0 Å². The summed E-state index contributed by atoms with van der Waals surface area (Å²) in [6, 6.07) is 6.85. The van der Waals surface area contributed by atoms with E-state index in [0.29, 0.717) is 11.3 Å². The zero-order valence-electron chi connectivity index (χ0n) is 6.81. The topological polar surface area (TPSA) is 43.1 Å². The standard InChI is InChI=1S/C10H7NO2/c12-10(8-4-6-13-7-8)9-3-1-2-5-11-9/h1-7H. The van der Waals surface area contributed by atoms with Crippen LogP contribution in [0.2, 0.25) is 0 Å². The van der Waals surface area contributed by atoms with Crippen molar-refractivity contribution >= 4 is 5.78 Å². The number of aromatic nitrogens is 1. The zero-order valence-corrected chi connectivity index (χ0v) is 6.81. The molecule has 13 heavy (non-hydrogen) atoms. The third kappa shape index (κ3) is 1.49. The molecule has 0 saturated heterocycles. The van der Waals surface area contributed by atoms with Crippen molar-refractivity contribution < 1.29 is 9.21 Å². The van der Waals surface area contributed by atoms with Gasteiger partial charge in [0.05, 0.1) is 11.8 Å². The maximum atomic E-state index is 11.6. The van der Waals surface area contributed by atoms with Gasteiger partial charge in [0.2, 0.25) is 5.78 Å². The van der Waals surface area contributed by atoms with Crippen molar-refractivity contribution in [2.45, 2.75) is 0 Å². The Kier molecular flexibility index (Phi) is 1.92.